The zero-order valence-electron chi connectivity index (χ0n) is 12.6. The third-order valence-corrected chi connectivity index (χ3v) is 3.90. The average Bonchev–Trinajstić information content (AvgIpc) is 2.47. The van der Waals surface area contributed by atoms with Gasteiger partial charge in [-0.3, -0.25) is 9.59 Å². The monoisotopic (exact) mass is 308 g/mol. The summed E-state index contributed by atoms with van der Waals surface area (Å²) in [7, 11) is 0. The Kier molecular flexibility index (Phi) is 5.49. The Labute approximate surface area is 129 Å². The molecular weight excluding hydrogens is 287 g/mol. The number of primary amides is 1. The molecule has 1 heterocycles. The lowest BCUT2D eigenvalue weighted by Crippen LogP contribution is -2.50. The van der Waals surface area contributed by atoms with E-state index in [0.717, 1.165) is 5.56 Å². The molecule has 2 N–H and O–H groups in total. The summed E-state index contributed by atoms with van der Waals surface area (Å²) in [6, 6.07) is 5.86. The van der Waals surface area contributed by atoms with Crippen LogP contribution in [-0.2, 0) is 14.3 Å². The van der Waals surface area contributed by atoms with Crippen LogP contribution in [0.5, 0.6) is 0 Å². The summed E-state index contributed by atoms with van der Waals surface area (Å²) in [6.45, 7) is 3.19. The molecule has 1 aromatic carbocycles. The summed E-state index contributed by atoms with van der Waals surface area (Å²) >= 11 is 0. The number of rotatable bonds is 5. The van der Waals surface area contributed by atoms with Gasteiger partial charge in [0.25, 0.3) is 0 Å². The number of hydrogen-bond donors (Lipinski definition) is 1. The number of ether oxygens (including phenoxy) is 1. The fourth-order valence-corrected chi connectivity index (χ4v) is 2.67. The van der Waals surface area contributed by atoms with E-state index >= 15 is 0 Å². The number of nitrogens with two attached hydrogens (primary N) is 1. The molecule has 1 aliphatic heterocycles. The van der Waals surface area contributed by atoms with E-state index < -0.39 is 5.91 Å². The second kappa shape index (κ2) is 7.35. The van der Waals surface area contributed by atoms with E-state index in [1.165, 1.54) is 12.1 Å². The van der Waals surface area contributed by atoms with Gasteiger partial charge in [-0.1, -0.05) is 19.1 Å². The number of nitrogens with zero attached hydrogens (tertiary/aromatic N) is 1. The van der Waals surface area contributed by atoms with Gasteiger partial charge in [-0.15, -0.1) is 0 Å². The highest BCUT2D eigenvalue weighted by Crippen LogP contribution is 2.22. The minimum Gasteiger partial charge on any atom is -0.377 e. The van der Waals surface area contributed by atoms with Gasteiger partial charge in [0.2, 0.25) is 11.8 Å². The highest BCUT2D eigenvalue weighted by molar-refractivity contribution is 5.79. The van der Waals surface area contributed by atoms with E-state index in [0.29, 0.717) is 26.2 Å². The molecule has 0 unspecified atom stereocenters. The molecule has 2 rings (SSSR count). The summed E-state index contributed by atoms with van der Waals surface area (Å²) in [6.07, 6.45) is 0.414. The number of amides is 2. The smallest absolute Gasteiger partial charge is 0.223 e. The number of carbonyl (C=O) groups is 2. The van der Waals surface area contributed by atoms with Gasteiger partial charge in [0.05, 0.1) is 19.3 Å². The molecule has 1 fully saturated rings. The van der Waals surface area contributed by atoms with Crippen LogP contribution < -0.4 is 5.73 Å². The first-order valence-electron chi connectivity index (χ1n) is 7.38. The van der Waals surface area contributed by atoms with Gasteiger partial charge in [-0.25, -0.2) is 4.39 Å². The van der Waals surface area contributed by atoms with Gasteiger partial charge < -0.3 is 15.4 Å². The molecule has 120 valence electrons. The molecule has 0 aliphatic carbocycles. The van der Waals surface area contributed by atoms with E-state index in [9.17, 15) is 14.0 Å². The molecule has 0 radical (unpaired) electrons. The van der Waals surface area contributed by atoms with Gasteiger partial charge >= 0.3 is 0 Å². The molecule has 1 saturated heterocycles. The van der Waals surface area contributed by atoms with Crippen molar-refractivity contribution < 1.29 is 18.7 Å². The number of hydrogen-bond acceptors (Lipinski definition) is 3. The maximum Gasteiger partial charge on any atom is 0.223 e. The second-order valence-electron chi connectivity index (χ2n) is 5.64. The Morgan fingerprint density at radius 3 is 2.73 bits per heavy atom. The first-order valence-corrected chi connectivity index (χ1v) is 7.38. The first-order chi connectivity index (χ1) is 10.5. The molecule has 5 nitrogen and oxygen atoms in total. The van der Waals surface area contributed by atoms with Crippen molar-refractivity contribution >= 4 is 11.8 Å². The van der Waals surface area contributed by atoms with Crippen LogP contribution in [0.2, 0.25) is 0 Å². The number of halogens is 1. The van der Waals surface area contributed by atoms with Crippen LogP contribution in [0.1, 0.15) is 31.2 Å². The Morgan fingerprint density at radius 2 is 2.09 bits per heavy atom. The highest BCUT2D eigenvalue weighted by Gasteiger charge is 2.29. The van der Waals surface area contributed by atoms with Crippen molar-refractivity contribution in [1.29, 1.82) is 0 Å². The first kappa shape index (κ1) is 16.4. The fourth-order valence-electron chi connectivity index (χ4n) is 2.67. The predicted octanol–water partition coefficient (Wildman–Crippen LogP) is 1.42. The van der Waals surface area contributed by atoms with Crippen molar-refractivity contribution in [1.82, 2.24) is 4.90 Å². The minimum atomic E-state index is -0.445. The third kappa shape index (κ3) is 4.27. The molecule has 22 heavy (non-hydrogen) atoms. The lowest BCUT2D eigenvalue weighted by atomic mass is 9.96. The molecule has 0 bridgehead atoms. The zero-order chi connectivity index (χ0) is 16.1. The molecule has 6 heteroatoms. The zero-order valence-corrected chi connectivity index (χ0v) is 12.6. The van der Waals surface area contributed by atoms with Crippen LogP contribution in [0.4, 0.5) is 4.39 Å². The minimum absolute atomic E-state index is 0.0230. The van der Waals surface area contributed by atoms with Crippen molar-refractivity contribution in [3.05, 3.63) is 35.6 Å². The number of morpholine rings is 1. The number of carbonyl (C=O) groups excluding carboxylic acids is 2. The standard InChI is InChI=1S/C16H21FN2O3/c1-11(12-2-4-13(17)5-3-12)8-16(21)19-6-7-22-10-14(19)9-15(18)20/h2-5,11,14H,6-10H2,1H3,(H2,18,20)/t11-,14+/m0/s1. The van der Waals surface area contributed by atoms with Gasteiger partial charge in [0.1, 0.15) is 5.82 Å². The highest BCUT2D eigenvalue weighted by atomic mass is 19.1. The van der Waals surface area contributed by atoms with Crippen LogP contribution in [0.25, 0.3) is 0 Å². The predicted molar refractivity (Wildman–Crippen MR) is 79.6 cm³/mol. The van der Waals surface area contributed by atoms with Crippen LogP contribution in [0, 0.1) is 5.82 Å². The lowest BCUT2D eigenvalue weighted by Gasteiger charge is -2.35. The van der Waals surface area contributed by atoms with E-state index in [1.54, 1.807) is 17.0 Å². The van der Waals surface area contributed by atoms with Crippen molar-refractivity contribution in [2.45, 2.75) is 31.7 Å². The number of benzene rings is 1. The van der Waals surface area contributed by atoms with E-state index in [1.807, 2.05) is 6.92 Å². The third-order valence-electron chi connectivity index (χ3n) is 3.90. The van der Waals surface area contributed by atoms with Crippen molar-refractivity contribution in [3.63, 3.8) is 0 Å². The Bertz CT molecular complexity index is 533. The van der Waals surface area contributed by atoms with Crippen LogP contribution in [0.15, 0.2) is 24.3 Å². The SMILES string of the molecule is C[C@@H](CC(=O)N1CCOC[C@H]1CC(N)=O)c1ccc(F)cc1. The largest absolute Gasteiger partial charge is 0.377 e. The summed E-state index contributed by atoms with van der Waals surface area (Å²) < 4.78 is 18.3. The fraction of sp³-hybridized carbons (Fsp3) is 0.500. The Balaban J connectivity index is 1.99. The molecule has 0 aromatic heterocycles. The van der Waals surface area contributed by atoms with Gasteiger partial charge in [-0.2, -0.15) is 0 Å². The summed E-state index contributed by atoms with van der Waals surface area (Å²) in [4.78, 5) is 25.3. The second-order valence-corrected chi connectivity index (χ2v) is 5.64. The summed E-state index contributed by atoms with van der Waals surface area (Å²) in [5.74, 6) is -0.798. The molecule has 1 aromatic rings. The Hall–Kier alpha value is -1.95. The molecule has 1 aliphatic rings. The molecular formula is C16H21FN2O3. The van der Waals surface area contributed by atoms with E-state index in [-0.39, 0.29) is 30.1 Å². The van der Waals surface area contributed by atoms with Crippen LogP contribution in [0.3, 0.4) is 0 Å². The average molecular weight is 308 g/mol. The van der Waals surface area contributed by atoms with Crippen LogP contribution in [-0.4, -0.2) is 42.5 Å². The quantitative estimate of drug-likeness (QED) is 0.894. The lowest BCUT2D eigenvalue weighted by molar-refractivity contribution is -0.141. The van der Waals surface area contributed by atoms with Crippen molar-refractivity contribution in [2.75, 3.05) is 19.8 Å². The molecule has 2 atom stereocenters. The molecule has 2 amide bonds. The maximum atomic E-state index is 12.9. The molecule has 0 saturated carbocycles. The van der Waals surface area contributed by atoms with Crippen LogP contribution >= 0.6 is 0 Å². The van der Waals surface area contributed by atoms with Gasteiger partial charge in [0, 0.05) is 19.4 Å². The van der Waals surface area contributed by atoms with E-state index in [4.69, 9.17) is 10.5 Å². The summed E-state index contributed by atoms with van der Waals surface area (Å²) in [5.41, 5.74) is 6.14. The summed E-state index contributed by atoms with van der Waals surface area (Å²) in [5, 5.41) is 0. The van der Waals surface area contributed by atoms with E-state index in [2.05, 4.69) is 0 Å². The van der Waals surface area contributed by atoms with Crippen molar-refractivity contribution in [2.24, 2.45) is 5.73 Å². The van der Waals surface area contributed by atoms with Gasteiger partial charge in [-0.05, 0) is 23.6 Å². The Morgan fingerprint density at radius 1 is 1.41 bits per heavy atom. The van der Waals surface area contributed by atoms with Gasteiger partial charge in [0.15, 0.2) is 0 Å². The van der Waals surface area contributed by atoms with Crippen molar-refractivity contribution in [3.8, 4) is 0 Å². The normalized spacial score (nSPS) is 19.7. The maximum absolute atomic E-state index is 12.9. The topological polar surface area (TPSA) is 72.6 Å². The molecule has 0 spiro atoms.